The van der Waals surface area contributed by atoms with E-state index in [4.69, 9.17) is 0 Å². The maximum absolute atomic E-state index is 12.5. The zero-order valence-corrected chi connectivity index (χ0v) is 13.4. The second-order valence-electron chi connectivity index (χ2n) is 5.07. The fourth-order valence-corrected chi connectivity index (χ4v) is 3.16. The molecule has 2 heterocycles. The fraction of sp³-hybridized carbons (Fsp3) is 0.500. The number of hydrogen-bond acceptors (Lipinski definition) is 5. The van der Waals surface area contributed by atoms with Crippen LogP contribution in [0.1, 0.15) is 36.5 Å². The minimum atomic E-state index is -3.63. The van der Waals surface area contributed by atoms with Gasteiger partial charge < -0.3 is 4.90 Å². The lowest BCUT2D eigenvalue weighted by atomic mass is 10.1. The van der Waals surface area contributed by atoms with E-state index in [-0.39, 0.29) is 28.3 Å². The number of Topliss-reactive ketones (excluding diaryl/α,β-unsaturated/α-hetero) is 1. The van der Waals surface area contributed by atoms with Gasteiger partial charge in [0.05, 0.1) is 11.6 Å². The first-order valence-electron chi connectivity index (χ1n) is 7.14. The number of hydrogen-bond donors (Lipinski definition) is 1. The molecule has 0 aromatic carbocycles. The SMILES string of the molecule is CCC(=O)[C@@H]1CCCN1C(=O)c1ccc(S(=O)(=O)NC)nc1. The van der Waals surface area contributed by atoms with Crippen LogP contribution in [0.2, 0.25) is 0 Å². The molecule has 1 amide bonds. The Morgan fingerprint density at radius 3 is 2.68 bits per heavy atom. The maximum atomic E-state index is 12.5. The molecule has 22 heavy (non-hydrogen) atoms. The molecule has 0 unspecified atom stereocenters. The van der Waals surface area contributed by atoms with E-state index in [0.29, 0.717) is 19.4 Å². The molecule has 1 N–H and O–H groups in total. The molecule has 2 rings (SSSR count). The van der Waals surface area contributed by atoms with Crippen molar-refractivity contribution in [3.63, 3.8) is 0 Å². The van der Waals surface area contributed by atoms with Crippen LogP contribution < -0.4 is 4.72 Å². The van der Waals surface area contributed by atoms with E-state index in [0.717, 1.165) is 6.42 Å². The summed E-state index contributed by atoms with van der Waals surface area (Å²) in [6.45, 7) is 2.31. The number of nitrogens with zero attached hydrogens (tertiary/aromatic N) is 2. The zero-order valence-electron chi connectivity index (χ0n) is 12.6. The van der Waals surface area contributed by atoms with Crippen LogP contribution in [-0.4, -0.2) is 49.6 Å². The van der Waals surface area contributed by atoms with Crippen LogP contribution in [0.25, 0.3) is 0 Å². The normalized spacial score (nSPS) is 18.5. The highest BCUT2D eigenvalue weighted by Gasteiger charge is 2.33. The van der Waals surface area contributed by atoms with Gasteiger partial charge in [0.1, 0.15) is 0 Å². The average Bonchev–Trinajstić information content (AvgIpc) is 3.03. The van der Waals surface area contributed by atoms with Crippen LogP contribution in [0.15, 0.2) is 23.4 Å². The largest absolute Gasteiger partial charge is 0.329 e. The van der Waals surface area contributed by atoms with Crippen LogP contribution in [0.3, 0.4) is 0 Å². The van der Waals surface area contributed by atoms with E-state index in [9.17, 15) is 18.0 Å². The first-order chi connectivity index (χ1) is 10.4. The molecule has 1 saturated heterocycles. The molecule has 1 aromatic heterocycles. The summed E-state index contributed by atoms with van der Waals surface area (Å²) in [6.07, 6.45) is 3.10. The topological polar surface area (TPSA) is 96.4 Å². The Kier molecular flexibility index (Phi) is 4.92. The summed E-state index contributed by atoms with van der Waals surface area (Å²) < 4.78 is 25.4. The van der Waals surface area contributed by atoms with Crippen molar-refractivity contribution in [1.29, 1.82) is 0 Å². The summed E-state index contributed by atoms with van der Waals surface area (Å²) >= 11 is 0. The molecular weight excluding hydrogens is 306 g/mol. The quantitative estimate of drug-likeness (QED) is 0.854. The molecule has 1 fully saturated rings. The van der Waals surface area contributed by atoms with Gasteiger partial charge in [0.15, 0.2) is 10.8 Å². The van der Waals surface area contributed by atoms with Crippen molar-refractivity contribution in [2.24, 2.45) is 0 Å². The van der Waals surface area contributed by atoms with Crippen LogP contribution in [-0.2, 0) is 14.8 Å². The van der Waals surface area contributed by atoms with Gasteiger partial charge >= 0.3 is 0 Å². The molecular formula is C14H19N3O4S. The lowest BCUT2D eigenvalue weighted by Crippen LogP contribution is -2.40. The van der Waals surface area contributed by atoms with Crippen LogP contribution in [0.5, 0.6) is 0 Å². The number of rotatable bonds is 5. The summed E-state index contributed by atoms with van der Waals surface area (Å²) in [7, 11) is -2.34. The number of sulfonamides is 1. The van der Waals surface area contributed by atoms with Crippen molar-refractivity contribution in [2.75, 3.05) is 13.6 Å². The predicted molar refractivity (Wildman–Crippen MR) is 79.8 cm³/mol. The van der Waals surface area contributed by atoms with Gasteiger partial charge in [-0.3, -0.25) is 9.59 Å². The molecule has 120 valence electrons. The zero-order chi connectivity index (χ0) is 16.3. The average molecular weight is 325 g/mol. The van der Waals surface area contributed by atoms with E-state index in [1.165, 1.54) is 25.4 Å². The maximum Gasteiger partial charge on any atom is 0.257 e. The van der Waals surface area contributed by atoms with E-state index in [1.54, 1.807) is 11.8 Å². The molecule has 0 radical (unpaired) electrons. The first kappa shape index (κ1) is 16.6. The van der Waals surface area contributed by atoms with Gasteiger partial charge in [0, 0.05) is 19.2 Å². The van der Waals surface area contributed by atoms with Crippen molar-refractivity contribution in [3.8, 4) is 0 Å². The minimum absolute atomic E-state index is 0.0493. The van der Waals surface area contributed by atoms with Crippen LogP contribution >= 0.6 is 0 Å². The third-order valence-electron chi connectivity index (χ3n) is 3.76. The predicted octanol–water partition coefficient (Wildman–Crippen LogP) is 0.573. The number of carbonyl (C=O) groups excluding carboxylic acids is 2. The van der Waals surface area contributed by atoms with Gasteiger partial charge in [-0.1, -0.05) is 6.92 Å². The Hall–Kier alpha value is -1.80. The molecule has 1 atom stereocenters. The molecule has 0 bridgehead atoms. The summed E-state index contributed by atoms with van der Waals surface area (Å²) in [4.78, 5) is 29.7. The molecule has 1 aliphatic heterocycles. The summed E-state index contributed by atoms with van der Waals surface area (Å²) in [5, 5.41) is -0.144. The van der Waals surface area contributed by atoms with Crippen molar-refractivity contribution in [3.05, 3.63) is 23.9 Å². The molecule has 7 nitrogen and oxygen atoms in total. The van der Waals surface area contributed by atoms with E-state index in [1.807, 2.05) is 0 Å². The minimum Gasteiger partial charge on any atom is -0.329 e. The van der Waals surface area contributed by atoms with Crippen molar-refractivity contribution in [2.45, 2.75) is 37.3 Å². The van der Waals surface area contributed by atoms with E-state index < -0.39 is 10.0 Å². The van der Waals surface area contributed by atoms with Gasteiger partial charge in [-0.15, -0.1) is 0 Å². The third kappa shape index (κ3) is 3.17. The molecule has 0 aliphatic carbocycles. The second kappa shape index (κ2) is 6.53. The molecule has 8 heteroatoms. The Morgan fingerprint density at radius 1 is 1.41 bits per heavy atom. The van der Waals surface area contributed by atoms with Gasteiger partial charge in [-0.25, -0.2) is 18.1 Å². The number of likely N-dealkylation sites (tertiary alicyclic amines) is 1. The Balaban J connectivity index is 2.21. The lowest BCUT2D eigenvalue weighted by molar-refractivity contribution is -0.122. The lowest BCUT2D eigenvalue weighted by Gasteiger charge is -2.23. The number of pyridine rings is 1. The highest BCUT2D eigenvalue weighted by molar-refractivity contribution is 7.89. The summed E-state index contributed by atoms with van der Waals surface area (Å²) in [5.41, 5.74) is 0.283. The third-order valence-corrected chi connectivity index (χ3v) is 5.09. The molecule has 0 spiro atoms. The summed E-state index contributed by atoms with van der Waals surface area (Å²) in [6, 6.07) is 2.33. The molecule has 0 saturated carbocycles. The highest BCUT2D eigenvalue weighted by Crippen LogP contribution is 2.21. The van der Waals surface area contributed by atoms with Crippen molar-refractivity contribution in [1.82, 2.24) is 14.6 Å². The second-order valence-corrected chi connectivity index (χ2v) is 6.90. The monoisotopic (exact) mass is 325 g/mol. The van der Waals surface area contributed by atoms with Crippen LogP contribution in [0, 0.1) is 0 Å². The van der Waals surface area contributed by atoms with E-state index in [2.05, 4.69) is 9.71 Å². The molecule has 1 aliphatic rings. The Morgan fingerprint density at radius 2 is 2.14 bits per heavy atom. The first-order valence-corrected chi connectivity index (χ1v) is 8.62. The Labute approximate surface area is 129 Å². The van der Waals surface area contributed by atoms with Crippen molar-refractivity contribution < 1.29 is 18.0 Å². The number of nitrogens with one attached hydrogen (secondary N) is 1. The fourth-order valence-electron chi connectivity index (χ4n) is 2.52. The van der Waals surface area contributed by atoms with Gasteiger partial charge in [0.2, 0.25) is 0 Å². The van der Waals surface area contributed by atoms with Gasteiger partial charge in [-0.2, -0.15) is 0 Å². The summed E-state index contributed by atoms with van der Waals surface area (Å²) in [5.74, 6) is -0.238. The number of ketones is 1. The van der Waals surface area contributed by atoms with E-state index >= 15 is 0 Å². The van der Waals surface area contributed by atoms with Gasteiger partial charge in [-0.05, 0) is 32.0 Å². The standard InChI is InChI=1S/C14H19N3O4S/c1-3-12(18)11-5-4-8-17(11)14(19)10-6-7-13(16-9-10)22(20,21)15-2/h6-7,9,11,15H,3-5,8H2,1-2H3/t11-/m0/s1. The molecule has 1 aromatic rings. The van der Waals surface area contributed by atoms with Crippen LogP contribution in [0.4, 0.5) is 0 Å². The van der Waals surface area contributed by atoms with Crippen molar-refractivity contribution >= 4 is 21.7 Å². The number of aromatic nitrogens is 1. The number of carbonyl (C=O) groups is 2. The Bertz CT molecular complexity index is 670. The smallest absolute Gasteiger partial charge is 0.257 e. The highest BCUT2D eigenvalue weighted by atomic mass is 32.2. The number of amides is 1. The van der Waals surface area contributed by atoms with Gasteiger partial charge in [0.25, 0.3) is 15.9 Å².